The maximum absolute atomic E-state index is 13.6. The molecule has 0 aliphatic rings. The Balaban J connectivity index is 1.97. The van der Waals surface area contributed by atoms with Gasteiger partial charge in [0, 0.05) is 24.1 Å². The van der Waals surface area contributed by atoms with Crippen LogP contribution in [0.15, 0.2) is 78.9 Å². The molecule has 0 aliphatic heterocycles. The molecule has 0 radical (unpaired) electrons. The zero-order chi connectivity index (χ0) is 24.0. The van der Waals surface area contributed by atoms with E-state index in [4.69, 9.17) is 10.5 Å². The second-order valence-electron chi connectivity index (χ2n) is 7.74. The Morgan fingerprint density at radius 3 is 2.03 bits per heavy atom. The fraction of sp³-hybridized carbons (Fsp3) is 0.200. The average molecular weight is 447 g/mol. The maximum atomic E-state index is 13.6. The lowest BCUT2D eigenvalue weighted by molar-refractivity contribution is -0.384. The predicted molar refractivity (Wildman–Crippen MR) is 124 cm³/mol. The highest BCUT2D eigenvalue weighted by atomic mass is 16.6. The van der Waals surface area contributed by atoms with Crippen LogP contribution in [-0.4, -0.2) is 29.9 Å². The van der Waals surface area contributed by atoms with Crippen LogP contribution < -0.4 is 15.8 Å². The number of carbonyl (C=O) groups excluding carboxylic acids is 2. The average Bonchev–Trinajstić information content (AvgIpc) is 2.83. The summed E-state index contributed by atoms with van der Waals surface area (Å²) in [7, 11) is 1.42. The van der Waals surface area contributed by atoms with Gasteiger partial charge >= 0.3 is 0 Å². The van der Waals surface area contributed by atoms with Gasteiger partial charge in [-0.05, 0) is 24.1 Å². The first-order chi connectivity index (χ1) is 15.8. The van der Waals surface area contributed by atoms with Crippen LogP contribution in [0.5, 0.6) is 5.75 Å². The monoisotopic (exact) mass is 447 g/mol. The standard InChI is InChI=1S/C25H25N3O5/c1-25(18-9-5-3-6-10-18,19-11-7-4-8-12-19)24(30)27-21(23(26)29)16-17-15-20(28(31)32)13-14-22(17)33-2/h3-15,21H,16H2,1-2H3,(H2,26,29)(H,27,30)/t21-/m1/s1. The van der Waals surface area contributed by atoms with Gasteiger partial charge in [0.15, 0.2) is 0 Å². The minimum atomic E-state index is -1.11. The SMILES string of the molecule is COc1ccc([N+](=O)[O-])cc1C[C@@H](NC(=O)C(C)(c1ccccc1)c1ccccc1)C(N)=O. The number of carbonyl (C=O) groups is 2. The number of methoxy groups -OCH3 is 1. The summed E-state index contributed by atoms with van der Waals surface area (Å²) in [5.41, 5.74) is 6.22. The van der Waals surface area contributed by atoms with Crippen molar-refractivity contribution in [2.75, 3.05) is 7.11 Å². The Morgan fingerprint density at radius 2 is 1.58 bits per heavy atom. The van der Waals surface area contributed by atoms with E-state index in [1.807, 2.05) is 60.7 Å². The van der Waals surface area contributed by atoms with Gasteiger partial charge in [0.25, 0.3) is 5.69 Å². The first kappa shape index (κ1) is 23.5. The molecule has 3 N–H and O–H groups in total. The highest BCUT2D eigenvalue weighted by Crippen LogP contribution is 2.33. The molecular weight excluding hydrogens is 422 g/mol. The summed E-state index contributed by atoms with van der Waals surface area (Å²) in [4.78, 5) is 36.6. The quantitative estimate of drug-likeness (QED) is 0.385. The van der Waals surface area contributed by atoms with Crippen LogP contribution in [0.3, 0.4) is 0 Å². The zero-order valence-corrected chi connectivity index (χ0v) is 18.4. The number of nitrogens with two attached hydrogens (primary N) is 1. The van der Waals surface area contributed by atoms with Crippen molar-refractivity contribution < 1.29 is 19.2 Å². The lowest BCUT2D eigenvalue weighted by Gasteiger charge is -2.31. The Hall–Kier alpha value is -4.20. The molecule has 0 saturated heterocycles. The minimum absolute atomic E-state index is 0.0639. The highest BCUT2D eigenvalue weighted by molar-refractivity contribution is 5.95. The smallest absolute Gasteiger partial charge is 0.269 e. The molecule has 2 amide bonds. The topological polar surface area (TPSA) is 125 Å². The largest absolute Gasteiger partial charge is 0.496 e. The third kappa shape index (κ3) is 5.01. The molecule has 1 atom stereocenters. The van der Waals surface area contributed by atoms with Gasteiger partial charge in [-0.15, -0.1) is 0 Å². The lowest BCUT2D eigenvalue weighted by Crippen LogP contribution is -2.52. The summed E-state index contributed by atoms with van der Waals surface area (Å²) in [6.45, 7) is 1.78. The molecular formula is C25H25N3O5. The van der Waals surface area contributed by atoms with Crippen molar-refractivity contribution in [3.63, 3.8) is 0 Å². The van der Waals surface area contributed by atoms with Crippen LogP contribution in [0.4, 0.5) is 5.69 Å². The number of nitro benzene ring substituents is 1. The van der Waals surface area contributed by atoms with Gasteiger partial charge in [-0.1, -0.05) is 60.7 Å². The summed E-state index contributed by atoms with van der Waals surface area (Å²) >= 11 is 0. The molecule has 0 heterocycles. The summed E-state index contributed by atoms with van der Waals surface area (Å²) < 4.78 is 5.28. The Kier molecular flexibility index (Phi) is 7.07. The first-order valence-corrected chi connectivity index (χ1v) is 10.3. The van der Waals surface area contributed by atoms with Crippen LogP contribution >= 0.6 is 0 Å². The number of primary amides is 1. The Bertz CT molecular complexity index is 1110. The second-order valence-corrected chi connectivity index (χ2v) is 7.74. The lowest BCUT2D eigenvalue weighted by atomic mass is 9.75. The van der Waals surface area contributed by atoms with E-state index in [1.165, 1.54) is 25.3 Å². The van der Waals surface area contributed by atoms with Gasteiger partial charge in [-0.2, -0.15) is 0 Å². The van der Waals surface area contributed by atoms with Crippen LogP contribution in [0.2, 0.25) is 0 Å². The van der Waals surface area contributed by atoms with E-state index in [-0.39, 0.29) is 12.1 Å². The summed E-state index contributed by atoms with van der Waals surface area (Å²) in [6.07, 6.45) is -0.0639. The third-order valence-corrected chi connectivity index (χ3v) is 5.70. The molecule has 0 aliphatic carbocycles. The normalized spacial score (nSPS) is 11.9. The van der Waals surface area contributed by atoms with Gasteiger partial charge in [0.05, 0.1) is 17.4 Å². The van der Waals surface area contributed by atoms with Crippen LogP contribution in [0.1, 0.15) is 23.6 Å². The number of amides is 2. The molecule has 8 heteroatoms. The summed E-state index contributed by atoms with van der Waals surface area (Å²) in [5, 5.41) is 14.0. The number of benzene rings is 3. The predicted octanol–water partition coefficient (Wildman–Crippen LogP) is 3.12. The van der Waals surface area contributed by atoms with Crippen LogP contribution in [-0.2, 0) is 21.4 Å². The van der Waals surface area contributed by atoms with E-state index in [1.54, 1.807) is 6.92 Å². The molecule has 0 saturated carbocycles. The van der Waals surface area contributed by atoms with Gasteiger partial charge < -0.3 is 15.8 Å². The molecule has 0 aromatic heterocycles. The van der Waals surface area contributed by atoms with Crippen molar-refractivity contribution in [2.45, 2.75) is 24.8 Å². The number of rotatable bonds is 9. The van der Waals surface area contributed by atoms with Crippen molar-refractivity contribution in [1.82, 2.24) is 5.32 Å². The van der Waals surface area contributed by atoms with Crippen LogP contribution in [0.25, 0.3) is 0 Å². The van der Waals surface area contributed by atoms with E-state index in [2.05, 4.69) is 5.32 Å². The van der Waals surface area contributed by atoms with Crippen molar-refractivity contribution in [3.05, 3.63) is 106 Å². The zero-order valence-electron chi connectivity index (χ0n) is 18.4. The number of hydrogen-bond acceptors (Lipinski definition) is 5. The fourth-order valence-corrected chi connectivity index (χ4v) is 3.76. The molecule has 3 aromatic rings. The van der Waals surface area contributed by atoms with Crippen molar-refractivity contribution in [2.24, 2.45) is 5.73 Å². The van der Waals surface area contributed by atoms with E-state index in [9.17, 15) is 19.7 Å². The molecule has 3 rings (SSSR count). The van der Waals surface area contributed by atoms with E-state index in [0.29, 0.717) is 11.3 Å². The Labute approximate surface area is 191 Å². The summed E-state index contributed by atoms with van der Waals surface area (Å²) in [5.74, 6) is -0.830. The van der Waals surface area contributed by atoms with Crippen molar-refractivity contribution >= 4 is 17.5 Å². The van der Waals surface area contributed by atoms with E-state index in [0.717, 1.165) is 11.1 Å². The van der Waals surface area contributed by atoms with Crippen molar-refractivity contribution in [1.29, 1.82) is 0 Å². The van der Waals surface area contributed by atoms with Crippen molar-refractivity contribution in [3.8, 4) is 5.75 Å². The Morgan fingerprint density at radius 1 is 1.03 bits per heavy atom. The van der Waals surface area contributed by atoms with Gasteiger partial charge in [-0.25, -0.2) is 0 Å². The number of ether oxygens (including phenoxy) is 1. The number of nitro groups is 1. The molecule has 8 nitrogen and oxygen atoms in total. The minimum Gasteiger partial charge on any atom is -0.496 e. The molecule has 0 fully saturated rings. The molecule has 170 valence electrons. The molecule has 33 heavy (non-hydrogen) atoms. The molecule has 0 unspecified atom stereocenters. The first-order valence-electron chi connectivity index (χ1n) is 10.3. The summed E-state index contributed by atoms with van der Waals surface area (Å²) in [6, 6.07) is 21.4. The maximum Gasteiger partial charge on any atom is 0.269 e. The molecule has 0 spiro atoms. The van der Waals surface area contributed by atoms with Crippen LogP contribution in [0, 0.1) is 10.1 Å². The number of non-ortho nitro benzene ring substituents is 1. The van der Waals surface area contributed by atoms with E-state index < -0.39 is 28.2 Å². The van der Waals surface area contributed by atoms with Gasteiger partial charge in [-0.3, -0.25) is 19.7 Å². The second kappa shape index (κ2) is 9.95. The number of nitrogens with one attached hydrogen (secondary N) is 1. The highest BCUT2D eigenvalue weighted by Gasteiger charge is 2.38. The van der Waals surface area contributed by atoms with Gasteiger partial charge in [0.1, 0.15) is 11.8 Å². The number of nitrogens with zero attached hydrogens (tertiary/aromatic N) is 1. The molecule has 3 aromatic carbocycles. The van der Waals surface area contributed by atoms with Gasteiger partial charge in [0.2, 0.25) is 11.8 Å². The van der Waals surface area contributed by atoms with E-state index >= 15 is 0 Å². The molecule has 0 bridgehead atoms. The number of hydrogen-bond donors (Lipinski definition) is 2. The fourth-order valence-electron chi connectivity index (χ4n) is 3.76. The third-order valence-electron chi connectivity index (χ3n) is 5.70.